The molecule has 1 aromatic rings. The summed E-state index contributed by atoms with van der Waals surface area (Å²) < 4.78 is 5.77. The Morgan fingerprint density at radius 3 is 2.70 bits per heavy atom. The molecule has 4 nitrogen and oxygen atoms in total. The second kappa shape index (κ2) is 8.55. The molecule has 1 aromatic carbocycles. The first kappa shape index (κ1) is 19.8. The number of hydrogen-bond acceptors (Lipinski definition) is 3. The monoisotopic (exact) mass is 340 g/mol. The molecule has 1 fully saturated rings. The van der Waals surface area contributed by atoms with Crippen molar-refractivity contribution in [2.75, 3.05) is 19.7 Å². The van der Waals surface area contributed by atoms with Crippen LogP contribution >= 0.6 is 12.4 Å². The minimum absolute atomic E-state index is 0. The van der Waals surface area contributed by atoms with E-state index in [0.29, 0.717) is 5.92 Å². The fourth-order valence-corrected chi connectivity index (χ4v) is 2.83. The summed E-state index contributed by atoms with van der Waals surface area (Å²) in [5.74, 6) is 1.21. The summed E-state index contributed by atoms with van der Waals surface area (Å²) in [5, 5.41) is 6.43. The molecule has 0 spiro atoms. The normalized spacial score (nSPS) is 21.2. The average molecular weight is 341 g/mol. The predicted octanol–water partition coefficient (Wildman–Crippen LogP) is 2.90. The Morgan fingerprint density at radius 1 is 1.35 bits per heavy atom. The van der Waals surface area contributed by atoms with Crippen LogP contribution in [-0.2, 0) is 10.2 Å². The smallest absolute Gasteiger partial charge is 0.258 e. The molecule has 2 atom stereocenters. The molecule has 1 saturated heterocycles. The van der Waals surface area contributed by atoms with E-state index in [4.69, 9.17) is 4.74 Å². The molecule has 5 heteroatoms. The van der Waals surface area contributed by atoms with Gasteiger partial charge in [0.1, 0.15) is 5.75 Å². The molecule has 0 radical (unpaired) electrons. The number of hydrogen-bond donors (Lipinski definition) is 2. The number of piperidine rings is 1. The van der Waals surface area contributed by atoms with Gasteiger partial charge < -0.3 is 15.4 Å². The lowest BCUT2D eigenvalue weighted by atomic mass is 9.86. The lowest BCUT2D eigenvalue weighted by Crippen LogP contribution is -2.49. The Labute approximate surface area is 145 Å². The van der Waals surface area contributed by atoms with Gasteiger partial charge >= 0.3 is 0 Å². The van der Waals surface area contributed by atoms with Crippen LogP contribution in [0.3, 0.4) is 0 Å². The molecule has 0 aromatic heterocycles. The highest BCUT2D eigenvalue weighted by Crippen LogP contribution is 2.30. The van der Waals surface area contributed by atoms with Crippen LogP contribution in [0.5, 0.6) is 5.75 Å². The predicted molar refractivity (Wildman–Crippen MR) is 96.5 cm³/mol. The highest BCUT2D eigenvalue weighted by atomic mass is 35.5. The van der Waals surface area contributed by atoms with Gasteiger partial charge in [-0.25, -0.2) is 0 Å². The van der Waals surface area contributed by atoms with E-state index in [9.17, 15) is 4.79 Å². The molecule has 2 N–H and O–H groups in total. The van der Waals surface area contributed by atoms with Gasteiger partial charge in [0.05, 0.1) is 0 Å². The molecule has 1 amide bonds. The maximum Gasteiger partial charge on any atom is 0.258 e. The van der Waals surface area contributed by atoms with Gasteiger partial charge in [0.2, 0.25) is 0 Å². The third-order valence-electron chi connectivity index (χ3n) is 4.19. The first-order chi connectivity index (χ1) is 10.4. The van der Waals surface area contributed by atoms with E-state index in [1.54, 1.807) is 0 Å². The van der Waals surface area contributed by atoms with Crippen LogP contribution in [0.15, 0.2) is 24.3 Å². The van der Waals surface area contributed by atoms with Gasteiger partial charge in [-0.1, -0.05) is 45.9 Å². The van der Waals surface area contributed by atoms with Gasteiger partial charge in [-0.15, -0.1) is 12.4 Å². The molecule has 1 aliphatic rings. The van der Waals surface area contributed by atoms with Crippen LogP contribution in [0.25, 0.3) is 0 Å². The summed E-state index contributed by atoms with van der Waals surface area (Å²) in [6.45, 7) is 10.6. The zero-order chi connectivity index (χ0) is 16.2. The average Bonchev–Trinajstić information content (AvgIpc) is 2.47. The molecule has 1 heterocycles. The molecule has 2 rings (SSSR count). The van der Waals surface area contributed by atoms with Gasteiger partial charge in [0, 0.05) is 6.04 Å². The maximum absolute atomic E-state index is 12.1. The zero-order valence-electron chi connectivity index (χ0n) is 14.5. The standard InChI is InChI=1S/C18H28N2O2.ClH/c1-13-11-19-10-9-15(13)20-17(21)12-22-16-8-6-5-7-14(16)18(2,3)4;/h5-8,13,15,19H,9-12H2,1-4H3,(H,20,21);1H. The fourth-order valence-electron chi connectivity index (χ4n) is 2.83. The van der Waals surface area contributed by atoms with Crippen molar-refractivity contribution in [1.29, 1.82) is 0 Å². The van der Waals surface area contributed by atoms with E-state index in [1.165, 1.54) is 0 Å². The van der Waals surface area contributed by atoms with Gasteiger partial charge in [0.25, 0.3) is 5.91 Å². The Bertz CT molecular complexity index is 514. The van der Waals surface area contributed by atoms with Crippen LogP contribution in [-0.4, -0.2) is 31.6 Å². The van der Waals surface area contributed by atoms with Crippen LogP contribution in [0, 0.1) is 5.92 Å². The van der Waals surface area contributed by atoms with Crippen molar-refractivity contribution < 1.29 is 9.53 Å². The second-order valence-corrected chi connectivity index (χ2v) is 7.18. The number of ether oxygens (including phenoxy) is 1. The molecule has 1 aliphatic heterocycles. The van der Waals surface area contributed by atoms with Gasteiger partial charge in [-0.3, -0.25) is 4.79 Å². The molecular weight excluding hydrogens is 312 g/mol. The maximum atomic E-state index is 12.1. The minimum atomic E-state index is -0.0394. The highest BCUT2D eigenvalue weighted by Gasteiger charge is 2.23. The van der Waals surface area contributed by atoms with Crippen molar-refractivity contribution >= 4 is 18.3 Å². The number of benzene rings is 1. The third kappa shape index (κ3) is 5.70. The van der Waals surface area contributed by atoms with Crippen molar-refractivity contribution in [3.8, 4) is 5.75 Å². The van der Waals surface area contributed by atoms with Gasteiger partial charge in [-0.05, 0) is 42.5 Å². The molecule has 2 unspecified atom stereocenters. The molecule has 23 heavy (non-hydrogen) atoms. The van der Waals surface area contributed by atoms with Crippen molar-refractivity contribution in [3.05, 3.63) is 29.8 Å². The lowest BCUT2D eigenvalue weighted by molar-refractivity contribution is -0.124. The lowest BCUT2D eigenvalue weighted by Gasteiger charge is -2.30. The number of carbonyl (C=O) groups is 1. The number of amides is 1. The summed E-state index contributed by atoms with van der Waals surface area (Å²) in [5.41, 5.74) is 1.12. The summed E-state index contributed by atoms with van der Waals surface area (Å²) >= 11 is 0. The minimum Gasteiger partial charge on any atom is -0.483 e. The highest BCUT2D eigenvalue weighted by molar-refractivity contribution is 5.85. The number of halogens is 1. The van der Waals surface area contributed by atoms with E-state index < -0.39 is 0 Å². The molecular formula is C18H29ClN2O2. The Kier molecular flexibility index (Phi) is 7.36. The van der Waals surface area contributed by atoms with E-state index in [1.807, 2.05) is 18.2 Å². The summed E-state index contributed by atoms with van der Waals surface area (Å²) in [6.07, 6.45) is 0.978. The summed E-state index contributed by atoms with van der Waals surface area (Å²) in [4.78, 5) is 12.1. The number of para-hydroxylation sites is 1. The first-order valence-electron chi connectivity index (χ1n) is 8.10. The van der Waals surface area contributed by atoms with E-state index in [-0.39, 0.29) is 36.4 Å². The Morgan fingerprint density at radius 2 is 2.04 bits per heavy atom. The van der Waals surface area contributed by atoms with Crippen molar-refractivity contribution in [2.24, 2.45) is 5.92 Å². The third-order valence-corrected chi connectivity index (χ3v) is 4.19. The second-order valence-electron chi connectivity index (χ2n) is 7.18. The quantitative estimate of drug-likeness (QED) is 0.886. The molecule has 0 saturated carbocycles. The Hall–Kier alpha value is -1.26. The number of rotatable bonds is 4. The summed E-state index contributed by atoms with van der Waals surface area (Å²) in [7, 11) is 0. The molecule has 130 valence electrons. The van der Waals surface area contributed by atoms with E-state index >= 15 is 0 Å². The SMILES string of the molecule is CC1CNCCC1NC(=O)COc1ccccc1C(C)(C)C.Cl. The largest absolute Gasteiger partial charge is 0.483 e. The van der Waals surface area contributed by atoms with Crippen molar-refractivity contribution in [1.82, 2.24) is 10.6 Å². The van der Waals surface area contributed by atoms with Crippen molar-refractivity contribution in [3.63, 3.8) is 0 Å². The van der Waals surface area contributed by atoms with Crippen LogP contribution in [0.2, 0.25) is 0 Å². The fraction of sp³-hybridized carbons (Fsp3) is 0.611. The van der Waals surface area contributed by atoms with Gasteiger partial charge in [-0.2, -0.15) is 0 Å². The number of carbonyl (C=O) groups excluding carboxylic acids is 1. The zero-order valence-corrected chi connectivity index (χ0v) is 15.3. The number of nitrogens with one attached hydrogen (secondary N) is 2. The molecule has 0 bridgehead atoms. The topological polar surface area (TPSA) is 50.4 Å². The van der Waals surface area contributed by atoms with E-state index in [2.05, 4.69) is 44.4 Å². The van der Waals surface area contributed by atoms with Crippen LogP contribution in [0.4, 0.5) is 0 Å². The van der Waals surface area contributed by atoms with Crippen LogP contribution in [0.1, 0.15) is 39.7 Å². The Balaban J connectivity index is 0.00000264. The van der Waals surface area contributed by atoms with E-state index in [0.717, 1.165) is 30.8 Å². The van der Waals surface area contributed by atoms with Crippen LogP contribution < -0.4 is 15.4 Å². The first-order valence-corrected chi connectivity index (χ1v) is 8.10. The molecule has 0 aliphatic carbocycles. The van der Waals surface area contributed by atoms with Crippen molar-refractivity contribution in [2.45, 2.75) is 45.6 Å². The van der Waals surface area contributed by atoms with Gasteiger partial charge in [0.15, 0.2) is 6.61 Å². The summed E-state index contributed by atoms with van der Waals surface area (Å²) in [6, 6.07) is 8.18.